The van der Waals surface area contributed by atoms with Crippen LogP contribution in [0.5, 0.6) is 0 Å². The molecule has 9 heteroatoms. The first kappa shape index (κ1) is 19.5. The lowest BCUT2D eigenvalue weighted by Gasteiger charge is -2.35. The van der Waals surface area contributed by atoms with Gasteiger partial charge >= 0.3 is 0 Å². The van der Waals surface area contributed by atoms with E-state index in [4.69, 9.17) is 0 Å². The molecule has 0 saturated carbocycles. The fourth-order valence-corrected chi connectivity index (χ4v) is 4.19. The highest BCUT2D eigenvalue weighted by atomic mass is 32.1. The van der Waals surface area contributed by atoms with Crippen molar-refractivity contribution in [1.29, 1.82) is 0 Å². The fourth-order valence-electron chi connectivity index (χ4n) is 3.68. The number of hydrogen-bond acceptors (Lipinski definition) is 8. The van der Waals surface area contributed by atoms with E-state index in [-0.39, 0.29) is 5.91 Å². The summed E-state index contributed by atoms with van der Waals surface area (Å²) < 4.78 is 8.36. The highest BCUT2D eigenvalue weighted by Gasteiger charge is 2.19. The Hall–Kier alpha value is -3.43. The topological polar surface area (TPSA) is 87.1 Å². The van der Waals surface area contributed by atoms with Gasteiger partial charge in [-0.15, -0.1) is 0 Å². The quantitative estimate of drug-likeness (QED) is 0.520. The summed E-state index contributed by atoms with van der Waals surface area (Å²) in [5.74, 6) is 1.08. The van der Waals surface area contributed by atoms with Gasteiger partial charge in [0.15, 0.2) is 0 Å². The van der Waals surface area contributed by atoms with Gasteiger partial charge in [0.05, 0.1) is 11.7 Å². The van der Waals surface area contributed by atoms with Gasteiger partial charge in [-0.05, 0) is 23.8 Å². The van der Waals surface area contributed by atoms with Gasteiger partial charge in [0, 0.05) is 44.4 Å². The zero-order valence-corrected chi connectivity index (χ0v) is 17.6. The summed E-state index contributed by atoms with van der Waals surface area (Å²) in [6.07, 6.45) is 1.49. The molecule has 1 saturated heterocycles. The number of rotatable bonds is 5. The van der Waals surface area contributed by atoms with Gasteiger partial charge in [0.2, 0.25) is 0 Å². The van der Waals surface area contributed by atoms with Crippen LogP contribution in [0.3, 0.4) is 0 Å². The molecule has 2 aromatic heterocycles. The molecule has 1 amide bonds. The van der Waals surface area contributed by atoms with Gasteiger partial charge < -0.3 is 10.2 Å². The van der Waals surface area contributed by atoms with Gasteiger partial charge in [0.25, 0.3) is 5.91 Å². The number of carbonyl (C=O) groups excluding carboxylic acids is 1. The first-order chi connectivity index (χ1) is 15.2. The molecule has 0 atom stereocenters. The Labute approximate surface area is 183 Å². The molecule has 8 nitrogen and oxygen atoms in total. The number of hydrogen-bond donors (Lipinski definition) is 1. The summed E-state index contributed by atoms with van der Waals surface area (Å²) in [5, 5.41) is 2.86. The smallest absolute Gasteiger partial charge is 0.256 e. The minimum Gasteiger partial charge on any atom is -0.354 e. The molecule has 1 fully saturated rings. The van der Waals surface area contributed by atoms with Crippen LogP contribution >= 0.6 is 11.7 Å². The van der Waals surface area contributed by atoms with E-state index in [1.165, 1.54) is 11.9 Å². The Morgan fingerprint density at radius 1 is 0.935 bits per heavy atom. The van der Waals surface area contributed by atoms with Crippen molar-refractivity contribution in [3.05, 3.63) is 72.1 Å². The molecule has 1 aliphatic heterocycles. The van der Waals surface area contributed by atoms with Gasteiger partial charge in [-0.25, -0.2) is 9.97 Å². The third-order valence-corrected chi connectivity index (χ3v) is 5.91. The van der Waals surface area contributed by atoms with Crippen molar-refractivity contribution < 1.29 is 4.79 Å². The second kappa shape index (κ2) is 8.75. The first-order valence-electron chi connectivity index (χ1n) is 10.1. The lowest BCUT2D eigenvalue weighted by molar-refractivity contribution is 0.102. The Morgan fingerprint density at radius 3 is 2.58 bits per heavy atom. The van der Waals surface area contributed by atoms with E-state index in [0.717, 1.165) is 61.3 Å². The Bertz CT molecular complexity index is 1190. The summed E-state index contributed by atoms with van der Waals surface area (Å²) in [5.41, 5.74) is 3.36. The second-order valence-electron chi connectivity index (χ2n) is 7.43. The minimum absolute atomic E-state index is 0.229. The third-order valence-electron chi connectivity index (χ3n) is 5.36. The highest BCUT2D eigenvalue weighted by molar-refractivity contribution is 7.00. The van der Waals surface area contributed by atoms with Gasteiger partial charge in [-0.3, -0.25) is 9.69 Å². The second-order valence-corrected chi connectivity index (χ2v) is 7.96. The predicted octanol–water partition coefficient (Wildman–Crippen LogP) is 3.06. The fraction of sp³-hybridized carbons (Fsp3) is 0.227. The number of piperazine rings is 1. The van der Waals surface area contributed by atoms with Crippen molar-refractivity contribution in [2.24, 2.45) is 0 Å². The van der Waals surface area contributed by atoms with Crippen molar-refractivity contribution in [2.75, 3.05) is 36.4 Å². The third kappa shape index (κ3) is 4.52. The maximum absolute atomic E-state index is 12.6. The summed E-state index contributed by atoms with van der Waals surface area (Å²) in [4.78, 5) is 25.9. The molecule has 0 unspecified atom stereocenters. The largest absolute Gasteiger partial charge is 0.354 e. The minimum atomic E-state index is -0.229. The number of aromatic nitrogens is 4. The number of amides is 1. The molecule has 156 valence electrons. The van der Waals surface area contributed by atoms with Crippen molar-refractivity contribution in [1.82, 2.24) is 23.6 Å². The monoisotopic (exact) mass is 431 g/mol. The van der Waals surface area contributed by atoms with E-state index in [1.807, 2.05) is 12.1 Å². The van der Waals surface area contributed by atoms with E-state index < -0.39 is 0 Å². The number of nitrogens with one attached hydrogen (secondary N) is 1. The molecule has 0 aliphatic carbocycles. The van der Waals surface area contributed by atoms with E-state index in [2.05, 4.69) is 58.1 Å². The number of nitrogens with zero attached hydrogens (tertiary/aromatic N) is 6. The van der Waals surface area contributed by atoms with E-state index >= 15 is 0 Å². The van der Waals surface area contributed by atoms with E-state index in [0.29, 0.717) is 11.4 Å². The van der Waals surface area contributed by atoms with Crippen LogP contribution in [-0.2, 0) is 6.54 Å². The number of benzene rings is 2. The number of fused-ring (bicyclic) bond motifs is 1. The van der Waals surface area contributed by atoms with Crippen LogP contribution < -0.4 is 10.2 Å². The van der Waals surface area contributed by atoms with Gasteiger partial charge in [0.1, 0.15) is 29.0 Å². The van der Waals surface area contributed by atoms with Crippen LogP contribution in [0.25, 0.3) is 11.0 Å². The van der Waals surface area contributed by atoms with E-state index in [9.17, 15) is 4.79 Å². The van der Waals surface area contributed by atoms with Crippen LogP contribution in [0, 0.1) is 0 Å². The molecule has 5 rings (SSSR count). The normalized spacial score (nSPS) is 14.6. The van der Waals surface area contributed by atoms with Crippen LogP contribution in [-0.4, -0.2) is 55.7 Å². The summed E-state index contributed by atoms with van der Waals surface area (Å²) >= 11 is 1.13. The molecule has 0 bridgehead atoms. The zero-order valence-electron chi connectivity index (χ0n) is 16.8. The zero-order chi connectivity index (χ0) is 21.0. The Balaban J connectivity index is 1.21. The van der Waals surface area contributed by atoms with Crippen molar-refractivity contribution in [3.8, 4) is 0 Å². The maximum Gasteiger partial charge on any atom is 0.256 e. The van der Waals surface area contributed by atoms with Gasteiger partial charge in [-0.2, -0.15) is 8.75 Å². The van der Waals surface area contributed by atoms with Crippen LogP contribution in [0.4, 0.5) is 11.6 Å². The predicted molar refractivity (Wildman–Crippen MR) is 121 cm³/mol. The van der Waals surface area contributed by atoms with E-state index in [1.54, 1.807) is 18.2 Å². The van der Waals surface area contributed by atoms with Crippen LogP contribution in [0.1, 0.15) is 15.9 Å². The summed E-state index contributed by atoms with van der Waals surface area (Å²) in [6.45, 7) is 4.64. The highest BCUT2D eigenvalue weighted by Crippen LogP contribution is 2.19. The van der Waals surface area contributed by atoms with Crippen LogP contribution in [0.2, 0.25) is 0 Å². The molecule has 3 heterocycles. The molecule has 1 N–H and O–H groups in total. The molecule has 4 aromatic rings. The van der Waals surface area contributed by atoms with Crippen molar-refractivity contribution >= 4 is 40.3 Å². The average Bonchev–Trinajstić information content (AvgIpc) is 3.28. The lowest BCUT2D eigenvalue weighted by Crippen LogP contribution is -2.46. The molecule has 1 aliphatic rings. The summed E-state index contributed by atoms with van der Waals surface area (Å²) in [6, 6.07) is 17.6. The molecule has 31 heavy (non-hydrogen) atoms. The maximum atomic E-state index is 12.6. The van der Waals surface area contributed by atoms with Crippen molar-refractivity contribution in [2.45, 2.75) is 6.54 Å². The first-order valence-corrected chi connectivity index (χ1v) is 10.8. The summed E-state index contributed by atoms with van der Waals surface area (Å²) in [7, 11) is 0. The number of carbonyl (C=O) groups is 1. The average molecular weight is 432 g/mol. The number of anilines is 2. The lowest BCUT2D eigenvalue weighted by atomic mass is 10.2. The SMILES string of the molecule is O=C(Nc1cc(N2CCN(Cc3ccccc3)CC2)ncn1)c1ccc2nsnc2c1. The molecular weight excluding hydrogens is 410 g/mol. The molecule has 0 spiro atoms. The molecule has 2 aromatic carbocycles. The molecule has 0 radical (unpaired) electrons. The Kier molecular flexibility index (Phi) is 5.51. The standard InChI is InChI=1S/C22H21N7OS/c30-22(17-6-7-18-19(12-17)27-31-26-18)25-20-13-21(24-15-23-20)29-10-8-28(9-11-29)14-16-4-2-1-3-5-16/h1-7,12-13,15H,8-11,14H2,(H,23,24,25,30). The van der Waals surface area contributed by atoms with Crippen molar-refractivity contribution in [3.63, 3.8) is 0 Å². The van der Waals surface area contributed by atoms with Crippen LogP contribution in [0.15, 0.2) is 60.9 Å². The molecular formula is C22H21N7OS. The van der Waals surface area contributed by atoms with Gasteiger partial charge in [-0.1, -0.05) is 30.3 Å². The Morgan fingerprint density at radius 2 is 1.74 bits per heavy atom.